The number of aliphatic hydroxyl groups excluding tert-OH is 1. The largest absolute Gasteiger partial charge is 0.480 e. The highest BCUT2D eigenvalue weighted by molar-refractivity contribution is 6.01. The number of aliphatic carboxylic acids is 1. The van der Waals surface area contributed by atoms with E-state index in [1.165, 1.54) is 0 Å². The van der Waals surface area contributed by atoms with Gasteiger partial charge in [0, 0.05) is 19.4 Å². The van der Waals surface area contributed by atoms with Crippen molar-refractivity contribution in [2.45, 2.75) is 37.5 Å². The van der Waals surface area contributed by atoms with E-state index in [0.717, 1.165) is 4.90 Å². The number of carboxylic acid groups (broad SMARTS) is 1. The molecule has 0 spiro atoms. The van der Waals surface area contributed by atoms with Gasteiger partial charge in [-0.2, -0.15) is 0 Å². The summed E-state index contributed by atoms with van der Waals surface area (Å²) >= 11 is 0. The fraction of sp³-hybridized carbons (Fsp3) is 0.636. The van der Waals surface area contributed by atoms with Gasteiger partial charge in [0.25, 0.3) is 0 Å². The first-order valence-corrected chi connectivity index (χ1v) is 6.20. The molecule has 0 radical (unpaired) electrons. The Morgan fingerprint density at radius 1 is 1.35 bits per heavy atom. The number of β-amino-alcohol motifs (C(OH)–C–C–N with tert-alkyl or cyclic N) is 1. The van der Waals surface area contributed by atoms with Crippen LogP contribution in [0.5, 0.6) is 0 Å². The third-order valence-corrected chi connectivity index (χ3v) is 3.36. The summed E-state index contributed by atoms with van der Waals surface area (Å²) in [6, 6.07) is -2.71. The first kappa shape index (κ1) is 14.3. The Hall–Kier alpha value is -2.16. The van der Waals surface area contributed by atoms with Gasteiger partial charge >= 0.3 is 12.0 Å². The first-order chi connectivity index (χ1) is 9.38. The number of nitrogens with zero attached hydrogens (tertiary/aromatic N) is 1. The van der Waals surface area contributed by atoms with Crippen molar-refractivity contribution in [3.05, 3.63) is 0 Å². The molecule has 0 saturated carbocycles. The summed E-state index contributed by atoms with van der Waals surface area (Å²) < 4.78 is 0. The SMILES string of the molecule is O=C1CCC(NC(=O)N2CC(O)C[C@H]2C(=O)O)C(=O)N1. The quantitative estimate of drug-likeness (QED) is 0.434. The van der Waals surface area contributed by atoms with Crippen molar-refractivity contribution < 1.29 is 29.4 Å². The Balaban J connectivity index is 1.99. The molecule has 2 aliphatic rings. The van der Waals surface area contributed by atoms with E-state index in [4.69, 9.17) is 5.11 Å². The Bertz CT molecular complexity index is 465. The predicted octanol–water partition coefficient (Wildman–Crippen LogP) is -1.98. The summed E-state index contributed by atoms with van der Waals surface area (Å²) in [6.45, 7) is -0.101. The second kappa shape index (κ2) is 5.45. The lowest BCUT2D eigenvalue weighted by Gasteiger charge is -2.26. The van der Waals surface area contributed by atoms with E-state index >= 15 is 0 Å². The standard InChI is InChI=1S/C11H15N3O6/c15-5-3-7(10(18)19)14(4-5)11(20)12-6-1-2-8(16)13-9(6)17/h5-7,15H,1-4H2,(H,12,20)(H,18,19)(H,13,16,17)/t5?,6?,7-/m0/s1. The molecular formula is C11H15N3O6. The van der Waals surface area contributed by atoms with E-state index in [9.17, 15) is 24.3 Å². The second-order valence-corrected chi connectivity index (χ2v) is 4.85. The first-order valence-electron chi connectivity index (χ1n) is 6.20. The number of nitrogens with one attached hydrogen (secondary N) is 2. The fourth-order valence-electron chi connectivity index (χ4n) is 2.34. The van der Waals surface area contributed by atoms with Gasteiger partial charge in [0.15, 0.2) is 0 Å². The molecule has 110 valence electrons. The van der Waals surface area contributed by atoms with Gasteiger partial charge in [-0.25, -0.2) is 9.59 Å². The Kier molecular flexibility index (Phi) is 3.89. The Morgan fingerprint density at radius 2 is 2.05 bits per heavy atom. The molecule has 0 aromatic heterocycles. The zero-order valence-corrected chi connectivity index (χ0v) is 10.5. The fourth-order valence-corrected chi connectivity index (χ4v) is 2.34. The highest BCUT2D eigenvalue weighted by atomic mass is 16.4. The number of amides is 4. The Labute approximate surface area is 113 Å². The highest BCUT2D eigenvalue weighted by Gasteiger charge is 2.40. The molecule has 2 rings (SSSR count). The van der Waals surface area contributed by atoms with Gasteiger partial charge < -0.3 is 20.4 Å². The van der Waals surface area contributed by atoms with Gasteiger partial charge in [0.2, 0.25) is 11.8 Å². The molecule has 2 heterocycles. The van der Waals surface area contributed by atoms with Gasteiger partial charge in [-0.3, -0.25) is 14.9 Å². The summed E-state index contributed by atoms with van der Waals surface area (Å²) in [7, 11) is 0. The maximum atomic E-state index is 12.0. The third-order valence-electron chi connectivity index (χ3n) is 3.36. The maximum Gasteiger partial charge on any atom is 0.326 e. The van der Waals surface area contributed by atoms with Crippen LogP contribution in [0.1, 0.15) is 19.3 Å². The molecule has 2 fully saturated rings. The monoisotopic (exact) mass is 285 g/mol. The van der Waals surface area contributed by atoms with Crippen molar-refractivity contribution in [3.63, 3.8) is 0 Å². The molecule has 9 heteroatoms. The second-order valence-electron chi connectivity index (χ2n) is 4.85. The minimum atomic E-state index is -1.21. The van der Waals surface area contributed by atoms with E-state index in [0.29, 0.717) is 0 Å². The zero-order chi connectivity index (χ0) is 14.9. The van der Waals surface area contributed by atoms with Crippen LogP contribution in [0.2, 0.25) is 0 Å². The minimum Gasteiger partial charge on any atom is -0.480 e. The summed E-state index contributed by atoms with van der Waals surface area (Å²) in [5, 5.41) is 22.9. The molecule has 0 aromatic rings. The van der Waals surface area contributed by atoms with Crippen LogP contribution in [0.25, 0.3) is 0 Å². The lowest BCUT2D eigenvalue weighted by Crippen LogP contribution is -2.56. The number of hydrogen-bond donors (Lipinski definition) is 4. The molecule has 2 unspecified atom stereocenters. The molecule has 3 atom stereocenters. The number of carboxylic acids is 1. The zero-order valence-electron chi connectivity index (χ0n) is 10.5. The number of imide groups is 1. The van der Waals surface area contributed by atoms with Gasteiger partial charge in [-0.05, 0) is 6.42 Å². The average molecular weight is 285 g/mol. The van der Waals surface area contributed by atoms with Crippen LogP contribution >= 0.6 is 0 Å². The van der Waals surface area contributed by atoms with E-state index < -0.39 is 42.0 Å². The predicted molar refractivity (Wildman–Crippen MR) is 63.5 cm³/mol. The molecule has 0 bridgehead atoms. The van der Waals surface area contributed by atoms with Crippen molar-refractivity contribution in [1.29, 1.82) is 0 Å². The summed E-state index contributed by atoms with van der Waals surface area (Å²) in [4.78, 5) is 46.4. The van der Waals surface area contributed by atoms with Crippen molar-refractivity contribution in [2.75, 3.05) is 6.54 Å². The average Bonchev–Trinajstić information content (AvgIpc) is 2.75. The van der Waals surface area contributed by atoms with Crippen LogP contribution in [-0.2, 0) is 14.4 Å². The lowest BCUT2D eigenvalue weighted by atomic mass is 10.1. The van der Waals surface area contributed by atoms with Crippen LogP contribution in [0.15, 0.2) is 0 Å². The number of carbonyl (C=O) groups is 4. The molecule has 0 aliphatic carbocycles. The number of rotatable bonds is 2. The normalized spacial score (nSPS) is 30.1. The van der Waals surface area contributed by atoms with Crippen LogP contribution in [0, 0.1) is 0 Å². The van der Waals surface area contributed by atoms with Crippen LogP contribution in [0.3, 0.4) is 0 Å². The van der Waals surface area contributed by atoms with Gasteiger partial charge in [-0.15, -0.1) is 0 Å². The summed E-state index contributed by atoms with van der Waals surface area (Å²) in [5.41, 5.74) is 0. The number of hydrogen-bond acceptors (Lipinski definition) is 5. The lowest BCUT2D eigenvalue weighted by molar-refractivity contribution is -0.141. The van der Waals surface area contributed by atoms with Crippen molar-refractivity contribution in [1.82, 2.24) is 15.5 Å². The topological polar surface area (TPSA) is 136 Å². The van der Waals surface area contributed by atoms with Crippen LogP contribution in [-0.4, -0.2) is 63.7 Å². The highest BCUT2D eigenvalue weighted by Crippen LogP contribution is 2.18. The molecule has 0 aromatic carbocycles. The Morgan fingerprint density at radius 3 is 2.65 bits per heavy atom. The smallest absolute Gasteiger partial charge is 0.326 e. The molecular weight excluding hydrogens is 270 g/mol. The van der Waals surface area contributed by atoms with E-state index in [-0.39, 0.29) is 25.8 Å². The number of urea groups is 1. The number of likely N-dealkylation sites (tertiary alicyclic amines) is 1. The van der Waals surface area contributed by atoms with Gasteiger partial charge in [0.1, 0.15) is 12.1 Å². The molecule has 9 nitrogen and oxygen atoms in total. The van der Waals surface area contributed by atoms with E-state index in [1.54, 1.807) is 0 Å². The maximum absolute atomic E-state index is 12.0. The molecule has 4 N–H and O–H groups in total. The summed E-state index contributed by atoms with van der Waals surface area (Å²) in [5.74, 6) is -2.22. The van der Waals surface area contributed by atoms with Crippen LogP contribution < -0.4 is 10.6 Å². The van der Waals surface area contributed by atoms with E-state index in [2.05, 4.69) is 10.6 Å². The van der Waals surface area contributed by atoms with E-state index in [1.807, 2.05) is 0 Å². The van der Waals surface area contributed by atoms with Crippen LogP contribution in [0.4, 0.5) is 4.79 Å². The number of piperidine rings is 1. The van der Waals surface area contributed by atoms with Crippen molar-refractivity contribution in [2.24, 2.45) is 0 Å². The van der Waals surface area contributed by atoms with Crippen molar-refractivity contribution >= 4 is 23.8 Å². The van der Waals surface area contributed by atoms with Gasteiger partial charge in [-0.1, -0.05) is 0 Å². The molecule has 20 heavy (non-hydrogen) atoms. The number of carbonyl (C=O) groups excluding carboxylic acids is 3. The summed E-state index contributed by atoms with van der Waals surface area (Å²) in [6.07, 6.45) is -0.659. The molecule has 4 amide bonds. The van der Waals surface area contributed by atoms with Gasteiger partial charge in [0.05, 0.1) is 6.10 Å². The molecule has 2 aliphatic heterocycles. The third kappa shape index (κ3) is 2.87. The van der Waals surface area contributed by atoms with Crippen molar-refractivity contribution in [3.8, 4) is 0 Å². The number of aliphatic hydroxyl groups is 1. The minimum absolute atomic E-state index is 0.0435. The molecule has 2 saturated heterocycles.